The standard InChI is InChI=1S/C13H21N/c1-9(2)14-12(5)13-7-6-10(3)8-11(13)4/h6-9,12,14H,1-5H3/t12-/m1/s1. The molecule has 0 saturated carbocycles. The third-order valence-electron chi connectivity index (χ3n) is 2.48. The van der Waals surface area contributed by atoms with Crippen molar-refractivity contribution >= 4 is 0 Å². The third-order valence-corrected chi connectivity index (χ3v) is 2.48. The number of benzene rings is 1. The fourth-order valence-electron chi connectivity index (χ4n) is 1.90. The van der Waals surface area contributed by atoms with E-state index in [1.165, 1.54) is 16.7 Å². The first-order valence-corrected chi connectivity index (χ1v) is 5.34. The highest BCUT2D eigenvalue weighted by atomic mass is 14.9. The van der Waals surface area contributed by atoms with Gasteiger partial charge >= 0.3 is 0 Å². The summed E-state index contributed by atoms with van der Waals surface area (Å²) in [7, 11) is 0. The zero-order chi connectivity index (χ0) is 10.7. The average molecular weight is 191 g/mol. The Hall–Kier alpha value is -0.820. The highest BCUT2D eigenvalue weighted by Gasteiger charge is 2.08. The van der Waals surface area contributed by atoms with Gasteiger partial charge in [-0.1, -0.05) is 37.6 Å². The topological polar surface area (TPSA) is 12.0 Å². The SMILES string of the molecule is Cc1ccc([C@@H](C)NC(C)C)c(C)c1. The molecule has 0 saturated heterocycles. The summed E-state index contributed by atoms with van der Waals surface area (Å²) in [6.45, 7) is 10.9. The zero-order valence-electron chi connectivity index (χ0n) is 9.89. The molecule has 0 aliphatic carbocycles. The molecule has 1 aromatic carbocycles. The van der Waals surface area contributed by atoms with Crippen LogP contribution < -0.4 is 5.32 Å². The molecular weight excluding hydrogens is 170 g/mol. The van der Waals surface area contributed by atoms with Crippen LogP contribution in [0.1, 0.15) is 43.5 Å². The lowest BCUT2D eigenvalue weighted by Gasteiger charge is -2.19. The Balaban J connectivity index is 2.84. The Kier molecular flexibility index (Phi) is 3.70. The summed E-state index contributed by atoms with van der Waals surface area (Å²) < 4.78 is 0. The molecule has 1 aromatic rings. The molecular formula is C13H21N. The second kappa shape index (κ2) is 4.61. The normalized spacial score (nSPS) is 13.3. The molecule has 0 heterocycles. The van der Waals surface area contributed by atoms with Gasteiger partial charge in [-0.3, -0.25) is 0 Å². The van der Waals surface area contributed by atoms with Gasteiger partial charge in [-0.15, -0.1) is 0 Å². The van der Waals surface area contributed by atoms with Crippen molar-refractivity contribution in [2.24, 2.45) is 0 Å². The molecule has 1 atom stereocenters. The molecule has 1 rings (SSSR count). The summed E-state index contributed by atoms with van der Waals surface area (Å²) in [6, 6.07) is 7.63. The lowest BCUT2D eigenvalue weighted by atomic mass is 10.00. The van der Waals surface area contributed by atoms with E-state index in [4.69, 9.17) is 0 Å². The van der Waals surface area contributed by atoms with Gasteiger partial charge < -0.3 is 5.32 Å². The van der Waals surface area contributed by atoms with E-state index in [1.807, 2.05) is 0 Å². The van der Waals surface area contributed by atoms with Gasteiger partial charge in [0.25, 0.3) is 0 Å². The molecule has 0 unspecified atom stereocenters. The van der Waals surface area contributed by atoms with Gasteiger partial charge in [0.15, 0.2) is 0 Å². The van der Waals surface area contributed by atoms with Gasteiger partial charge in [0.1, 0.15) is 0 Å². The number of hydrogen-bond acceptors (Lipinski definition) is 1. The van der Waals surface area contributed by atoms with Crippen molar-refractivity contribution in [3.63, 3.8) is 0 Å². The summed E-state index contributed by atoms with van der Waals surface area (Å²) in [5.41, 5.74) is 4.12. The molecule has 0 amide bonds. The van der Waals surface area contributed by atoms with E-state index >= 15 is 0 Å². The first-order chi connectivity index (χ1) is 6.50. The van der Waals surface area contributed by atoms with Crippen molar-refractivity contribution in [3.05, 3.63) is 34.9 Å². The number of rotatable bonds is 3. The van der Waals surface area contributed by atoms with Crippen molar-refractivity contribution in [2.75, 3.05) is 0 Å². The summed E-state index contributed by atoms with van der Waals surface area (Å²) in [5, 5.41) is 3.52. The van der Waals surface area contributed by atoms with Crippen LogP contribution in [0.15, 0.2) is 18.2 Å². The second-order valence-corrected chi connectivity index (χ2v) is 4.40. The first-order valence-electron chi connectivity index (χ1n) is 5.34. The number of nitrogens with one attached hydrogen (secondary N) is 1. The van der Waals surface area contributed by atoms with Crippen molar-refractivity contribution in [2.45, 2.75) is 46.7 Å². The third kappa shape index (κ3) is 2.85. The van der Waals surface area contributed by atoms with E-state index in [-0.39, 0.29) is 0 Å². The molecule has 0 aliphatic rings. The van der Waals surface area contributed by atoms with Gasteiger partial charge in [-0.25, -0.2) is 0 Å². The Bertz CT molecular complexity index is 302. The van der Waals surface area contributed by atoms with Gasteiger partial charge in [-0.2, -0.15) is 0 Å². The van der Waals surface area contributed by atoms with Gasteiger partial charge in [0.2, 0.25) is 0 Å². The maximum atomic E-state index is 3.52. The molecule has 14 heavy (non-hydrogen) atoms. The van der Waals surface area contributed by atoms with Crippen molar-refractivity contribution in [3.8, 4) is 0 Å². The Morgan fingerprint density at radius 3 is 2.21 bits per heavy atom. The van der Waals surface area contributed by atoms with Crippen LogP contribution in [0.2, 0.25) is 0 Å². The van der Waals surface area contributed by atoms with Crippen LogP contribution in [0.5, 0.6) is 0 Å². The fourth-order valence-corrected chi connectivity index (χ4v) is 1.90. The van der Waals surface area contributed by atoms with Crippen LogP contribution in [-0.2, 0) is 0 Å². The Labute approximate surface area is 87.5 Å². The smallest absolute Gasteiger partial charge is 0.0296 e. The largest absolute Gasteiger partial charge is 0.308 e. The maximum absolute atomic E-state index is 3.52. The molecule has 1 N–H and O–H groups in total. The Morgan fingerprint density at radius 2 is 1.71 bits per heavy atom. The minimum atomic E-state index is 0.440. The first kappa shape index (κ1) is 11.3. The van der Waals surface area contributed by atoms with Crippen molar-refractivity contribution in [1.82, 2.24) is 5.32 Å². The van der Waals surface area contributed by atoms with Crippen LogP contribution in [0, 0.1) is 13.8 Å². The van der Waals surface area contributed by atoms with Gasteiger partial charge in [0, 0.05) is 12.1 Å². The summed E-state index contributed by atoms with van der Waals surface area (Å²) in [4.78, 5) is 0. The van der Waals surface area contributed by atoms with Crippen molar-refractivity contribution < 1.29 is 0 Å². The monoisotopic (exact) mass is 191 g/mol. The highest BCUT2D eigenvalue weighted by molar-refractivity contribution is 5.32. The fraction of sp³-hybridized carbons (Fsp3) is 0.538. The molecule has 0 fully saturated rings. The second-order valence-electron chi connectivity index (χ2n) is 4.40. The quantitative estimate of drug-likeness (QED) is 0.772. The van der Waals surface area contributed by atoms with Crippen LogP contribution in [-0.4, -0.2) is 6.04 Å². The molecule has 0 spiro atoms. The lowest BCUT2D eigenvalue weighted by molar-refractivity contribution is 0.504. The van der Waals surface area contributed by atoms with E-state index in [0.717, 1.165) is 0 Å². The highest BCUT2D eigenvalue weighted by Crippen LogP contribution is 2.18. The van der Waals surface area contributed by atoms with E-state index in [2.05, 4.69) is 58.1 Å². The van der Waals surface area contributed by atoms with Crippen molar-refractivity contribution in [1.29, 1.82) is 0 Å². The average Bonchev–Trinajstić information content (AvgIpc) is 2.01. The van der Waals surface area contributed by atoms with Gasteiger partial charge in [-0.05, 0) is 31.9 Å². The number of aryl methyl sites for hydroxylation is 2. The lowest BCUT2D eigenvalue weighted by Crippen LogP contribution is -2.26. The minimum Gasteiger partial charge on any atom is -0.308 e. The summed E-state index contributed by atoms with van der Waals surface area (Å²) in [6.07, 6.45) is 0. The van der Waals surface area contributed by atoms with Gasteiger partial charge in [0.05, 0.1) is 0 Å². The van der Waals surface area contributed by atoms with E-state index in [9.17, 15) is 0 Å². The zero-order valence-corrected chi connectivity index (χ0v) is 9.89. The van der Waals surface area contributed by atoms with E-state index in [0.29, 0.717) is 12.1 Å². The molecule has 0 radical (unpaired) electrons. The van der Waals surface area contributed by atoms with Crippen LogP contribution in [0.3, 0.4) is 0 Å². The molecule has 0 bridgehead atoms. The summed E-state index contributed by atoms with van der Waals surface area (Å²) in [5.74, 6) is 0. The number of hydrogen-bond donors (Lipinski definition) is 1. The van der Waals surface area contributed by atoms with Crippen LogP contribution in [0.4, 0.5) is 0 Å². The van der Waals surface area contributed by atoms with E-state index in [1.54, 1.807) is 0 Å². The maximum Gasteiger partial charge on any atom is 0.0296 e. The molecule has 78 valence electrons. The predicted octanol–water partition coefficient (Wildman–Crippen LogP) is 3.36. The predicted molar refractivity (Wildman–Crippen MR) is 62.6 cm³/mol. The van der Waals surface area contributed by atoms with Crippen LogP contribution >= 0.6 is 0 Å². The summed E-state index contributed by atoms with van der Waals surface area (Å²) >= 11 is 0. The Morgan fingerprint density at radius 1 is 1.07 bits per heavy atom. The molecule has 1 nitrogen and oxygen atoms in total. The van der Waals surface area contributed by atoms with E-state index < -0.39 is 0 Å². The molecule has 1 heteroatoms. The minimum absolute atomic E-state index is 0.440. The molecule has 0 aromatic heterocycles. The molecule has 0 aliphatic heterocycles. The van der Waals surface area contributed by atoms with Crippen LogP contribution in [0.25, 0.3) is 0 Å².